The zero-order valence-electron chi connectivity index (χ0n) is 12.0. The van der Waals surface area contributed by atoms with Crippen LogP contribution in [0.3, 0.4) is 0 Å². The van der Waals surface area contributed by atoms with Gasteiger partial charge in [-0.3, -0.25) is 0 Å². The second-order valence-corrected chi connectivity index (χ2v) is 4.83. The fourth-order valence-corrected chi connectivity index (χ4v) is 2.23. The molecule has 0 aliphatic heterocycles. The molecule has 0 bridgehead atoms. The largest absolute Gasteiger partial charge is 0.358 e. The van der Waals surface area contributed by atoms with Crippen LogP contribution in [0.5, 0.6) is 0 Å². The van der Waals surface area contributed by atoms with Gasteiger partial charge >= 0.3 is 0 Å². The van der Waals surface area contributed by atoms with Gasteiger partial charge in [-0.25, -0.2) is 4.98 Å². The summed E-state index contributed by atoms with van der Waals surface area (Å²) in [7, 11) is 0. The van der Waals surface area contributed by atoms with Crippen LogP contribution in [0, 0.1) is 0 Å². The predicted molar refractivity (Wildman–Crippen MR) is 75.5 cm³/mol. The molecule has 104 valence electrons. The number of ether oxygens (including phenoxy) is 1. The zero-order valence-corrected chi connectivity index (χ0v) is 12.0. The predicted octanol–water partition coefficient (Wildman–Crippen LogP) is 4.56. The van der Waals surface area contributed by atoms with Crippen LogP contribution in [-0.2, 0) is 4.74 Å². The maximum Gasteiger partial charge on any atom is 0.134 e. The van der Waals surface area contributed by atoms with Crippen LogP contribution in [0.4, 0.5) is 0 Å². The smallest absolute Gasteiger partial charge is 0.134 e. The number of hydrogen-bond acceptors (Lipinski definition) is 2. The van der Waals surface area contributed by atoms with E-state index in [1.54, 1.807) is 0 Å². The Hall–Kier alpha value is -0.830. The second kappa shape index (κ2) is 10.1. The van der Waals surface area contributed by atoms with E-state index < -0.39 is 0 Å². The Morgan fingerprint density at radius 2 is 1.78 bits per heavy atom. The van der Waals surface area contributed by atoms with Crippen molar-refractivity contribution < 1.29 is 4.74 Å². The zero-order chi connectivity index (χ0) is 13.1. The van der Waals surface area contributed by atoms with Crippen LogP contribution in [0.2, 0.25) is 0 Å². The molecule has 3 nitrogen and oxygen atoms in total. The van der Waals surface area contributed by atoms with E-state index in [1.165, 1.54) is 44.9 Å². The molecule has 0 N–H and O–H groups in total. The van der Waals surface area contributed by atoms with Gasteiger partial charge in [-0.2, -0.15) is 0 Å². The number of nitrogens with zero attached hydrogens (tertiary/aromatic N) is 2. The average molecular weight is 252 g/mol. The van der Waals surface area contributed by atoms with E-state index in [1.807, 2.05) is 18.7 Å². The molecule has 1 aromatic rings. The summed E-state index contributed by atoms with van der Waals surface area (Å²) in [6, 6.07) is 0. The van der Waals surface area contributed by atoms with Gasteiger partial charge in [0.25, 0.3) is 0 Å². The van der Waals surface area contributed by atoms with Crippen molar-refractivity contribution in [2.75, 3.05) is 6.61 Å². The molecule has 1 atom stereocenters. The summed E-state index contributed by atoms with van der Waals surface area (Å²) in [5, 5.41) is 0. The lowest BCUT2D eigenvalue weighted by Crippen LogP contribution is -2.11. The van der Waals surface area contributed by atoms with Crippen LogP contribution < -0.4 is 0 Å². The average Bonchev–Trinajstić information content (AvgIpc) is 2.90. The van der Waals surface area contributed by atoms with E-state index in [4.69, 9.17) is 4.74 Å². The summed E-state index contributed by atoms with van der Waals surface area (Å²) >= 11 is 0. The third-order valence-corrected chi connectivity index (χ3v) is 3.27. The molecule has 0 aliphatic rings. The van der Waals surface area contributed by atoms with Crippen LogP contribution in [0.15, 0.2) is 18.7 Å². The Morgan fingerprint density at radius 3 is 2.39 bits per heavy atom. The summed E-state index contributed by atoms with van der Waals surface area (Å²) in [4.78, 5) is 4.09. The Morgan fingerprint density at radius 1 is 1.06 bits per heavy atom. The minimum absolute atomic E-state index is 0.174. The van der Waals surface area contributed by atoms with E-state index in [-0.39, 0.29) is 6.23 Å². The van der Waals surface area contributed by atoms with Crippen molar-refractivity contribution in [2.45, 2.75) is 71.4 Å². The molecule has 0 aromatic carbocycles. The van der Waals surface area contributed by atoms with Crippen molar-refractivity contribution in [2.24, 2.45) is 0 Å². The number of rotatable bonds is 11. The first-order valence-electron chi connectivity index (χ1n) is 7.47. The van der Waals surface area contributed by atoms with Gasteiger partial charge in [-0.05, 0) is 19.8 Å². The molecule has 0 amide bonds. The molecule has 0 saturated carbocycles. The van der Waals surface area contributed by atoms with Gasteiger partial charge in [0, 0.05) is 19.0 Å². The normalized spacial score (nSPS) is 12.8. The summed E-state index contributed by atoms with van der Waals surface area (Å²) < 4.78 is 7.82. The molecule has 1 heterocycles. The topological polar surface area (TPSA) is 27.1 Å². The van der Waals surface area contributed by atoms with Crippen LogP contribution in [0.25, 0.3) is 0 Å². The Kier molecular flexibility index (Phi) is 8.57. The first-order valence-corrected chi connectivity index (χ1v) is 7.47. The van der Waals surface area contributed by atoms with Crippen molar-refractivity contribution in [1.29, 1.82) is 0 Å². The lowest BCUT2D eigenvalue weighted by atomic mass is 10.1. The molecule has 0 saturated heterocycles. The van der Waals surface area contributed by atoms with Gasteiger partial charge in [0.05, 0.1) is 6.33 Å². The highest BCUT2D eigenvalue weighted by Gasteiger charge is 2.08. The summed E-state index contributed by atoms with van der Waals surface area (Å²) in [6.45, 7) is 5.08. The van der Waals surface area contributed by atoms with Crippen molar-refractivity contribution >= 4 is 0 Å². The maximum absolute atomic E-state index is 5.75. The van der Waals surface area contributed by atoms with Crippen molar-refractivity contribution in [3.63, 3.8) is 0 Å². The third-order valence-electron chi connectivity index (χ3n) is 3.27. The van der Waals surface area contributed by atoms with Crippen LogP contribution >= 0.6 is 0 Å². The third kappa shape index (κ3) is 6.20. The number of unbranched alkanes of at least 4 members (excludes halogenated alkanes) is 6. The molecule has 1 aromatic heterocycles. The Balaban J connectivity index is 2.11. The van der Waals surface area contributed by atoms with E-state index >= 15 is 0 Å². The molecular weight excluding hydrogens is 224 g/mol. The van der Waals surface area contributed by atoms with Gasteiger partial charge in [-0.1, -0.05) is 45.4 Å². The lowest BCUT2D eigenvalue weighted by molar-refractivity contribution is 0.00231. The highest BCUT2D eigenvalue weighted by atomic mass is 16.5. The highest BCUT2D eigenvalue weighted by molar-refractivity contribution is 4.77. The van der Waals surface area contributed by atoms with Crippen molar-refractivity contribution in [1.82, 2.24) is 9.55 Å². The molecule has 0 spiro atoms. The SMILES string of the molecule is CCCCCCCCCC(OCC)n1ccnc1. The van der Waals surface area contributed by atoms with E-state index in [9.17, 15) is 0 Å². The van der Waals surface area contributed by atoms with Gasteiger partial charge in [-0.15, -0.1) is 0 Å². The molecule has 18 heavy (non-hydrogen) atoms. The van der Waals surface area contributed by atoms with E-state index in [0.29, 0.717) is 0 Å². The van der Waals surface area contributed by atoms with Gasteiger partial charge < -0.3 is 9.30 Å². The first-order chi connectivity index (χ1) is 8.88. The monoisotopic (exact) mass is 252 g/mol. The Bertz CT molecular complexity index is 272. The number of imidazole rings is 1. The maximum atomic E-state index is 5.75. The minimum Gasteiger partial charge on any atom is -0.358 e. The van der Waals surface area contributed by atoms with Gasteiger partial charge in [0.2, 0.25) is 0 Å². The van der Waals surface area contributed by atoms with E-state index in [2.05, 4.69) is 23.4 Å². The Labute approximate surface area is 112 Å². The van der Waals surface area contributed by atoms with Crippen molar-refractivity contribution in [3.8, 4) is 0 Å². The fourth-order valence-electron chi connectivity index (χ4n) is 2.23. The van der Waals surface area contributed by atoms with Crippen LogP contribution in [0.1, 0.15) is 71.4 Å². The summed E-state index contributed by atoms with van der Waals surface area (Å²) in [5.74, 6) is 0. The van der Waals surface area contributed by atoms with Gasteiger partial charge in [0.15, 0.2) is 0 Å². The molecular formula is C15H28N2O. The molecule has 1 unspecified atom stereocenters. The summed E-state index contributed by atoms with van der Waals surface area (Å²) in [6.07, 6.45) is 16.3. The molecule has 0 aliphatic carbocycles. The lowest BCUT2D eigenvalue weighted by Gasteiger charge is -2.18. The fraction of sp³-hybridized carbons (Fsp3) is 0.800. The van der Waals surface area contributed by atoms with Crippen LogP contribution in [-0.4, -0.2) is 16.2 Å². The number of aromatic nitrogens is 2. The quantitative estimate of drug-likeness (QED) is 0.540. The first kappa shape index (κ1) is 15.2. The second-order valence-electron chi connectivity index (χ2n) is 4.83. The highest BCUT2D eigenvalue weighted by Crippen LogP contribution is 2.18. The molecule has 3 heteroatoms. The standard InChI is InChI=1S/C15H28N2O/c1-3-5-6-7-8-9-10-11-15(18-4-2)17-13-12-16-14-17/h12-15H,3-11H2,1-2H3. The van der Waals surface area contributed by atoms with Crippen molar-refractivity contribution in [3.05, 3.63) is 18.7 Å². The van der Waals surface area contributed by atoms with E-state index in [0.717, 1.165) is 13.0 Å². The summed E-state index contributed by atoms with van der Waals surface area (Å²) in [5.41, 5.74) is 0. The van der Waals surface area contributed by atoms with Gasteiger partial charge in [0.1, 0.15) is 6.23 Å². The molecule has 0 fully saturated rings. The minimum atomic E-state index is 0.174. The molecule has 1 rings (SSSR count). The molecule has 0 radical (unpaired) electrons. The number of hydrogen-bond donors (Lipinski definition) is 0.